The first-order chi connectivity index (χ1) is 10.1. The molecule has 2 aromatic rings. The van der Waals surface area contributed by atoms with E-state index in [1.54, 1.807) is 7.11 Å². The van der Waals surface area contributed by atoms with Crippen molar-refractivity contribution >= 4 is 0 Å². The Labute approximate surface area is 127 Å². The second-order valence-electron chi connectivity index (χ2n) is 5.79. The van der Waals surface area contributed by atoms with Crippen LogP contribution in [0.3, 0.4) is 0 Å². The number of hydrogen-bond acceptors (Lipinski definition) is 2. The van der Waals surface area contributed by atoms with Crippen LogP contribution in [0.2, 0.25) is 0 Å². The van der Waals surface area contributed by atoms with Crippen molar-refractivity contribution in [2.75, 3.05) is 7.11 Å². The Morgan fingerprint density at radius 3 is 2.29 bits per heavy atom. The molecule has 0 bridgehead atoms. The number of aliphatic hydroxyl groups is 1. The van der Waals surface area contributed by atoms with Crippen LogP contribution >= 0.6 is 0 Å². The normalized spacial score (nSPS) is 12.6. The molecular weight excluding hydrogens is 260 g/mol. The van der Waals surface area contributed by atoms with Gasteiger partial charge >= 0.3 is 0 Å². The fourth-order valence-electron chi connectivity index (χ4n) is 2.44. The van der Waals surface area contributed by atoms with Gasteiger partial charge < -0.3 is 9.84 Å². The van der Waals surface area contributed by atoms with E-state index in [4.69, 9.17) is 4.74 Å². The summed E-state index contributed by atoms with van der Waals surface area (Å²) in [4.78, 5) is 0. The smallest absolute Gasteiger partial charge is 0.0830 e. The largest absolute Gasteiger partial charge is 0.388 e. The van der Waals surface area contributed by atoms with E-state index in [9.17, 15) is 5.11 Å². The SMILES string of the molecule is COCc1cccc(C(O)Cc2ccc(C(C)C)cc2)c1. The first-order valence-electron chi connectivity index (χ1n) is 7.45. The summed E-state index contributed by atoms with van der Waals surface area (Å²) in [7, 11) is 1.68. The molecule has 0 aliphatic carbocycles. The molecule has 0 aliphatic rings. The van der Waals surface area contributed by atoms with Gasteiger partial charge in [-0.25, -0.2) is 0 Å². The van der Waals surface area contributed by atoms with Gasteiger partial charge in [-0.3, -0.25) is 0 Å². The van der Waals surface area contributed by atoms with Crippen LogP contribution in [0.15, 0.2) is 48.5 Å². The van der Waals surface area contributed by atoms with E-state index in [2.05, 4.69) is 38.1 Å². The number of aliphatic hydroxyl groups excluding tert-OH is 1. The highest BCUT2D eigenvalue weighted by molar-refractivity contribution is 5.29. The van der Waals surface area contributed by atoms with Crippen LogP contribution in [0.5, 0.6) is 0 Å². The number of rotatable bonds is 6. The maximum atomic E-state index is 10.4. The second-order valence-corrected chi connectivity index (χ2v) is 5.79. The van der Waals surface area contributed by atoms with E-state index < -0.39 is 6.10 Å². The van der Waals surface area contributed by atoms with Gasteiger partial charge in [0.05, 0.1) is 12.7 Å². The van der Waals surface area contributed by atoms with Crippen molar-refractivity contribution < 1.29 is 9.84 Å². The number of methoxy groups -OCH3 is 1. The first kappa shape index (κ1) is 15.7. The Kier molecular flexibility index (Phi) is 5.54. The number of hydrogen-bond donors (Lipinski definition) is 1. The van der Waals surface area contributed by atoms with Crippen LogP contribution < -0.4 is 0 Å². The van der Waals surface area contributed by atoms with Crippen LogP contribution in [0.1, 0.15) is 48.1 Å². The fraction of sp³-hybridized carbons (Fsp3) is 0.368. The summed E-state index contributed by atoms with van der Waals surface area (Å²) in [6, 6.07) is 16.5. The highest BCUT2D eigenvalue weighted by Gasteiger charge is 2.09. The molecule has 2 aromatic carbocycles. The zero-order valence-electron chi connectivity index (χ0n) is 13.0. The van der Waals surface area contributed by atoms with Crippen molar-refractivity contribution in [1.82, 2.24) is 0 Å². The Morgan fingerprint density at radius 2 is 1.67 bits per heavy atom. The maximum Gasteiger partial charge on any atom is 0.0830 e. The van der Waals surface area contributed by atoms with E-state index in [-0.39, 0.29) is 0 Å². The van der Waals surface area contributed by atoms with Crippen LogP contribution in [0.4, 0.5) is 0 Å². The van der Waals surface area contributed by atoms with Crippen molar-refractivity contribution in [3.05, 3.63) is 70.8 Å². The minimum atomic E-state index is -0.480. The molecule has 0 aromatic heterocycles. The van der Waals surface area contributed by atoms with Crippen LogP contribution in [-0.2, 0) is 17.8 Å². The lowest BCUT2D eigenvalue weighted by atomic mass is 9.97. The van der Waals surface area contributed by atoms with E-state index >= 15 is 0 Å². The minimum Gasteiger partial charge on any atom is -0.388 e. The summed E-state index contributed by atoms with van der Waals surface area (Å²) >= 11 is 0. The molecule has 1 N–H and O–H groups in total. The third-order valence-corrected chi connectivity index (χ3v) is 3.72. The van der Waals surface area contributed by atoms with Gasteiger partial charge in [0.2, 0.25) is 0 Å². The van der Waals surface area contributed by atoms with Gasteiger partial charge in [-0.1, -0.05) is 62.4 Å². The zero-order chi connectivity index (χ0) is 15.2. The first-order valence-corrected chi connectivity index (χ1v) is 7.45. The maximum absolute atomic E-state index is 10.4. The molecule has 0 amide bonds. The van der Waals surface area contributed by atoms with E-state index in [1.165, 1.54) is 5.56 Å². The van der Waals surface area contributed by atoms with Gasteiger partial charge in [-0.2, -0.15) is 0 Å². The second kappa shape index (κ2) is 7.39. The summed E-state index contributed by atoms with van der Waals surface area (Å²) in [5.74, 6) is 0.537. The monoisotopic (exact) mass is 284 g/mol. The molecule has 2 rings (SSSR count). The lowest BCUT2D eigenvalue weighted by Gasteiger charge is -2.13. The quantitative estimate of drug-likeness (QED) is 0.860. The van der Waals surface area contributed by atoms with Crippen LogP contribution in [0.25, 0.3) is 0 Å². The van der Waals surface area contributed by atoms with Gasteiger partial charge in [-0.05, 0) is 28.2 Å². The van der Waals surface area contributed by atoms with E-state index in [1.807, 2.05) is 24.3 Å². The van der Waals surface area contributed by atoms with Crippen LogP contribution in [0, 0.1) is 0 Å². The van der Waals surface area contributed by atoms with Crippen molar-refractivity contribution in [2.45, 2.75) is 38.9 Å². The van der Waals surface area contributed by atoms with Gasteiger partial charge in [0, 0.05) is 13.5 Å². The molecule has 0 fully saturated rings. The summed E-state index contributed by atoms with van der Waals surface area (Å²) in [6.07, 6.45) is 0.154. The molecule has 0 spiro atoms. The lowest BCUT2D eigenvalue weighted by Crippen LogP contribution is -2.03. The molecule has 21 heavy (non-hydrogen) atoms. The Morgan fingerprint density at radius 1 is 0.952 bits per heavy atom. The number of ether oxygens (including phenoxy) is 1. The standard InChI is InChI=1S/C19H24O2/c1-14(2)17-9-7-15(8-10-17)12-19(20)18-6-4-5-16(11-18)13-21-3/h4-11,14,19-20H,12-13H2,1-3H3. The molecule has 2 nitrogen and oxygen atoms in total. The number of benzene rings is 2. The molecular formula is C19H24O2. The average molecular weight is 284 g/mol. The van der Waals surface area contributed by atoms with Crippen molar-refractivity contribution in [3.8, 4) is 0 Å². The molecule has 0 saturated carbocycles. The van der Waals surface area contributed by atoms with E-state index in [0.29, 0.717) is 18.9 Å². The van der Waals surface area contributed by atoms with Gasteiger partial charge in [-0.15, -0.1) is 0 Å². The molecule has 0 saturated heterocycles. The van der Waals surface area contributed by atoms with Gasteiger partial charge in [0.25, 0.3) is 0 Å². The fourth-order valence-corrected chi connectivity index (χ4v) is 2.44. The molecule has 2 heteroatoms. The summed E-state index contributed by atoms with van der Waals surface area (Å²) in [5.41, 5.74) is 4.51. The van der Waals surface area contributed by atoms with Crippen LogP contribution in [-0.4, -0.2) is 12.2 Å². The minimum absolute atomic E-state index is 0.480. The lowest BCUT2D eigenvalue weighted by molar-refractivity contribution is 0.175. The average Bonchev–Trinajstić information content (AvgIpc) is 2.48. The van der Waals surface area contributed by atoms with Crippen molar-refractivity contribution in [3.63, 3.8) is 0 Å². The van der Waals surface area contributed by atoms with E-state index in [0.717, 1.165) is 16.7 Å². The molecule has 1 unspecified atom stereocenters. The van der Waals surface area contributed by atoms with Crippen molar-refractivity contribution in [2.24, 2.45) is 0 Å². The Balaban J connectivity index is 2.06. The summed E-state index contributed by atoms with van der Waals surface area (Å²) < 4.78 is 5.13. The molecule has 1 atom stereocenters. The predicted octanol–water partition coefficient (Wildman–Crippen LogP) is 4.23. The van der Waals surface area contributed by atoms with Gasteiger partial charge in [0.1, 0.15) is 0 Å². The summed E-state index contributed by atoms with van der Waals surface area (Å²) in [5, 5.41) is 10.4. The summed E-state index contributed by atoms with van der Waals surface area (Å²) in [6.45, 7) is 4.94. The highest BCUT2D eigenvalue weighted by atomic mass is 16.5. The molecule has 0 heterocycles. The molecule has 112 valence electrons. The predicted molar refractivity (Wildman–Crippen MR) is 86.3 cm³/mol. The third kappa shape index (κ3) is 4.42. The van der Waals surface area contributed by atoms with Crippen molar-refractivity contribution in [1.29, 1.82) is 0 Å². The highest BCUT2D eigenvalue weighted by Crippen LogP contribution is 2.21. The third-order valence-electron chi connectivity index (χ3n) is 3.72. The zero-order valence-corrected chi connectivity index (χ0v) is 13.0. The van der Waals surface area contributed by atoms with Gasteiger partial charge in [0.15, 0.2) is 0 Å². The topological polar surface area (TPSA) is 29.5 Å². The molecule has 0 aliphatic heterocycles. The Hall–Kier alpha value is -1.64. The molecule has 0 radical (unpaired) electrons. The Bertz CT molecular complexity index is 558.